The molecule has 0 atom stereocenters. The third kappa shape index (κ3) is 11.1. The fourth-order valence-electron chi connectivity index (χ4n) is 2.50. The smallest absolute Gasteiger partial charge is 0.410 e. The van der Waals surface area contributed by atoms with Crippen LogP contribution in [0.1, 0.15) is 36.0 Å². The van der Waals surface area contributed by atoms with Crippen molar-refractivity contribution in [2.45, 2.75) is 30.6 Å². The summed E-state index contributed by atoms with van der Waals surface area (Å²) in [7, 11) is -2.32. The van der Waals surface area contributed by atoms with Gasteiger partial charge in [-0.1, -0.05) is 12.8 Å². The Balaban J connectivity index is 2.12. The van der Waals surface area contributed by atoms with E-state index in [0.29, 0.717) is 18.7 Å². The fraction of sp³-hybridized carbons (Fsp3) is 0.450. The molecule has 4 N–H and O–H groups in total. The van der Waals surface area contributed by atoms with Crippen LogP contribution in [0.15, 0.2) is 29.2 Å². The molecule has 0 saturated carbocycles. The van der Waals surface area contributed by atoms with E-state index < -0.39 is 16.1 Å². The fourth-order valence-corrected chi connectivity index (χ4v) is 3.13. The number of carbonyl (C=O) groups is 3. The van der Waals surface area contributed by atoms with Gasteiger partial charge in [-0.25, -0.2) is 18.4 Å². The normalized spacial score (nSPS) is 10.5. The van der Waals surface area contributed by atoms with Gasteiger partial charge >= 0.3 is 6.09 Å². The maximum atomic E-state index is 12.0. The molecule has 0 bridgehead atoms. The Kier molecular flexibility index (Phi) is 12.4. The minimum atomic E-state index is -3.78. The highest BCUT2D eigenvalue weighted by atomic mass is 79.9. The lowest BCUT2D eigenvalue weighted by Crippen LogP contribution is -2.39. The topological polar surface area (TPSA) is 148 Å². The Morgan fingerprint density at radius 3 is 2.22 bits per heavy atom. The van der Waals surface area contributed by atoms with Crippen LogP contribution in [0.5, 0.6) is 0 Å². The SMILES string of the molecule is CN(CC(=O)NCCCCCCNC(=O)c1ccc(S(N)(=O)=O)cc1)C(=O)OCC#CBr. The maximum Gasteiger partial charge on any atom is 0.410 e. The summed E-state index contributed by atoms with van der Waals surface area (Å²) in [6.07, 6.45) is 2.63. The highest BCUT2D eigenvalue weighted by Gasteiger charge is 2.13. The van der Waals surface area contributed by atoms with Gasteiger partial charge in [0.25, 0.3) is 5.91 Å². The third-order valence-electron chi connectivity index (χ3n) is 4.18. The molecule has 176 valence electrons. The quantitative estimate of drug-likeness (QED) is 0.273. The zero-order valence-electron chi connectivity index (χ0n) is 17.7. The van der Waals surface area contributed by atoms with Crippen molar-refractivity contribution >= 4 is 43.9 Å². The number of primary sulfonamides is 1. The molecule has 1 aromatic rings. The Morgan fingerprint density at radius 2 is 1.66 bits per heavy atom. The van der Waals surface area contributed by atoms with Crippen LogP contribution >= 0.6 is 15.9 Å². The van der Waals surface area contributed by atoms with E-state index in [1.807, 2.05) is 0 Å². The lowest BCUT2D eigenvalue weighted by Gasteiger charge is -2.15. The summed E-state index contributed by atoms with van der Waals surface area (Å²) in [4.78, 5) is 39.0. The van der Waals surface area contributed by atoms with E-state index in [9.17, 15) is 22.8 Å². The molecule has 1 aromatic carbocycles. The average Bonchev–Trinajstić information content (AvgIpc) is 2.74. The second-order valence-corrected chi connectivity index (χ2v) is 8.73. The molecule has 3 amide bonds. The number of amides is 3. The van der Waals surface area contributed by atoms with Crippen molar-refractivity contribution in [1.82, 2.24) is 15.5 Å². The summed E-state index contributed by atoms with van der Waals surface area (Å²) < 4.78 is 27.3. The summed E-state index contributed by atoms with van der Waals surface area (Å²) in [6, 6.07) is 5.40. The van der Waals surface area contributed by atoms with Gasteiger partial charge in [0, 0.05) is 41.6 Å². The maximum absolute atomic E-state index is 12.0. The molecule has 1 rings (SSSR count). The van der Waals surface area contributed by atoms with Crippen molar-refractivity contribution in [3.8, 4) is 10.8 Å². The molecule has 0 unspecified atom stereocenters. The van der Waals surface area contributed by atoms with E-state index >= 15 is 0 Å². The first kappa shape index (κ1) is 27.4. The van der Waals surface area contributed by atoms with Gasteiger partial charge in [0.1, 0.15) is 6.54 Å². The molecule has 0 radical (unpaired) electrons. The number of rotatable bonds is 12. The zero-order valence-corrected chi connectivity index (χ0v) is 20.1. The molecule has 0 aliphatic rings. The van der Waals surface area contributed by atoms with Crippen LogP contribution in [0, 0.1) is 10.8 Å². The van der Waals surface area contributed by atoms with Crippen molar-refractivity contribution < 1.29 is 27.5 Å². The number of benzene rings is 1. The van der Waals surface area contributed by atoms with Gasteiger partial charge in [-0.15, -0.1) is 0 Å². The lowest BCUT2D eigenvalue weighted by molar-refractivity contribution is -0.121. The second kappa shape index (κ2) is 14.4. The minimum Gasteiger partial charge on any atom is -0.436 e. The largest absolute Gasteiger partial charge is 0.436 e. The molecule has 0 aliphatic carbocycles. The van der Waals surface area contributed by atoms with Crippen molar-refractivity contribution in [3.63, 3.8) is 0 Å². The van der Waals surface area contributed by atoms with E-state index in [1.165, 1.54) is 31.3 Å². The van der Waals surface area contributed by atoms with Crippen LogP contribution < -0.4 is 15.8 Å². The van der Waals surface area contributed by atoms with Gasteiger partial charge < -0.3 is 20.3 Å². The van der Waals surface area contributed by atoms with Gasteiger partial charge in [0.15, 0.2) is 6.61 Å². The molecule has 0 heterocycles. The standard InChI is InChI=1S/C20H27BrN4O6S/c1-25(20(28)31-14-6-11-21)15-18(26)23-12-4-2-3-5-13-24-19(27)16-7-9-17(10-8-16)32(22,29)30/h7-10H,2-5,12-15H2,1H3,(H,23,26)(H,24,27)(H2,22,29,30). The molecular weight excluding hydrogens is 504 g/mol. The molecular formula is C20H27BrN4O6S. The first-order chi connectivity index (χ1) is 15.1. The number of nitrogens with one attached hydrogen (secondary N) is 2. The first-order valence-electron chi connectivity index (χ1n) is 9.79. The van der Waals surface area contributed by atoms with Crippen molar-refractivity contribution in [2.75, 3.05) is 33.3 Å². The molecule has 0 spiro atoms. The number of hydrogen-bond donors (Lipinski definition) is 3. The molecule has 32 heavy (non-hydrogen) atoms. The average molecular weight is 531 g/mol. The van der Waals surface area contributed by atoms with Crippen LogP contribution in [0.4, 0.5) is 4.79 Å². The molecule has 10 nitrogen and oxygen atoms in total. The van der Waals surface area contributed by atoms with E-state index in [-0.39, 0.29) is 29.9 Å². The zero-order chi connectivity index (χ0) is 24.0. The van der Waals surface area contributed by atoms with E-state index in [0.717, 1.165) is 30.6 Å². The summed E-state index contributed by atoms with van der Waals surface area (Å²) >= 11 is 2.89. The van der Waals surface area contributed by atoms with Crippen molar-refractivity contribution in [1.29, 1.82) is 0 Å². The van der Waals surface area contributed by atoms with Gasteiger partial charge in [0.2, 0.25) is 15.9 Å². The number of sulfonamides is 1. The molecule has 0 fully saturated rings. The van der Waals surface area contributed by atoms with E-state index in [1.54, 1.807) is 0 Å². The predicted octanol–water partition coefficient (Wildman–Crippen LogP) is 1.16. The van der Waals surface area contributed by atoms with E-state index in [2.05, 4.69) is 37.3 Å². The number of nitrogens with zero attached hydrogens (tertiary/aromatic N) is 1. The molecule has 0 aliphatic heterocycles. The number of unbranched alkanes of at least 4 members (excludes halogenated alkanes) is 3. The summed E-state index contributed by atoms with van der Waals surface area (Å²) in [5.41, 5.74) is 0.352. The summed E-state index contributed by atoms with van der Waals surface area (Å²) in [6.45, 7) is 0.806. The molecule has 0 saturated heterocycles. The Morgan fingerprint density at radius 1 is 1.06 bits per heavy atom. The van der Waals surface area contributed by atoms with Crippen LogP contribution in [-0.2, 0) is 19.6 Å². The van der Waals surface area contributed by atoms with Gasteiger partial charge in [-0.2, -0.15) is 0 Å². The molecule has 12 heteroatoms. The van der Waals surface area contributed by atoms with Crippen LogP contribution in [0.25, 0.3) is 0 Å². The minimum absolute atomic E-state index is 0.0483. The number of carbonyl (C=O) groups excluding carboxylic acids is 3. The van der Waals surface area contributed by atoms with E-state index in [4.69, 9.17) is 9.88 Å². The highest BCUT2D eigenvalue weighted by molar-refractivity contribution is 9.12. The summed E-state index contributed by atoms with van der Waals surface area (Å²) in [5, 5.41) is 10.5. The van der Waals surface area contributed by atoms with Gasteiger partial charge in [0.05, 0.1) is 4.90 Å². The predicted molar refractivity (Wildman–Crippen MR) is 122 cm³/mol. The number of halogens is 1. The Labute approximate surface area is 196 Å². The first-order valence-corrected chi connectivity index (χ1v) is 12.1. The van der Waals surface area contributed by atoms with Crippen LogP contribution in [0.3, 0.4) is 0 Å². The van der Waals surface area contributed by atoms with Crippen LogP contribution in [-0.4, -0.2) is 64.5 Å². The second-order valence-electron chi connectivity index (χ2n) is 6.77. The van der Waals surface area contributed by atoms with Crippen molar-refractivity contribution in [3.05, 3.63) is 29.8 Å². The lowest BCUT2D eigenvalue weighted by atomic mass is 10.2. The molecule has 0 aromatic heterocycles. The van der Waals surface area contributed by atoms with Crippen LogP contribution in [0.2, 0.25) is 0 Å². The number of hydrogen-bond acceptors (Lipinski definition) is 6. The summed E-state index contributed by atoms with van der Waals surface area (Å²) in [5.74, 6) is 1.95. The highest BCUT2D eigenvalue weighted by Crippen LogP contribution is 2.08. The Bertz CT molecular complexity index is 941. The van der Waals surface area contributed by atoms with Gasteiger partial charge in [-0.3, -0.25) is 9.59 Å². The van der Waals surface area contributed by atoms with Crippen molar-refractivity contribution in [2.24, 2.45) is 5.14 Å². The number of ether oxygens (including phenoxy) is 1. The van der Waals surface area contributed by atoms with Gasteiger partial charge in [-0.05, 0) is 47.9 Å². The number of nitrogens with two attached hydrogens (primary N) is 1. The monoisotopic (exact) mass is 530 g/mol. The number of likely N-dealkylation sites (N-methyl/N-ethyl adjacent to an activating group) is 1. The Hall–Kier alpha value is -2.62. The third-order valence-corrected chi connectivity index (χ3v) is 5.39.